The molecule has 8 nitrogen and oxygen atoms in total. The van der Waals surface area contributed by atoms with Crippen LogP contribution in [-0.2, 0) is 17.9 Å². The second-order valence-corrected chi connectivity index (χ2v) is 6.88. The summed E-state index contributed by atoms with van der Waals surface area (Å²) in [6, 6.07) is 3.53. The molecular formula is C20H30N6O2. The van der Waals surface area contributed by atoms with E-state index in [1.54, 1.807) is 19.2 Å². The van der Waals surface area contributed by atoms with Crippen molar-refractivity contribution in [1.82, 2.24) is 19.9 Å². The number of pyridine rings is 1. The first-order valence-electron chi connectivity index (χ1n) is 9.71. The molecule has 0 aliphatic rings. The Bertz CT molecular complexity index is 862. The van der Waals surface area contributed by atoms with Gasteiger partial charge in [-0.05, 0) is 31.9 Å². The van der Waals surface area contributed by atoms with Gasteiger partial charge in [0.1, 0.15) is 12.4 Å². The number of aryl methyl sites for hydroxylation is 2. The number of carbonyl (C=O) groups is 1. The van der Waals surface area contributed by atoms with E-state index >= 15 is 0 Å². The van der Waals surface area contributed by atoms with Gasteiger partial charge in [0.25, 0.3) is 5.56 Å². The van der Waals surface area contributed by atoms with Crippen LogP contribution in [0.3, 0.4) is 0 Å². The molecular weight excluding hydrogens is 356 g/mol. The normalized spacial score (nSPS) is 10.7. The van der Waals surface area contributed by atoms with Crippen LogP contribution in [0.1, 0.15) is 49.6 Å². The summed E-state index contributed by atoms with van der Waals surface area (Å²) in [6.45, 7) is 6.73. The second-order valence-electron chi connectivity index (χ2n) is 6.88. The average Bonchev–Trinajstić information content (AvgIpc) is 2.66. The summed E-state index contributed by atoms with van der Waals surface area (Å²) >= 11 is 0. The molecule has 28 heavy (non-hydrogen) atoms. The average molecular weight is 387 g/mol. The number of unbranched alkanes of at least 4 members (excludes halogenated alkanes) is 3. The topological polar surface area (TPSA) is 115 Å². The maximum absolute atomic E-state index is 12.6. The van der Waals surface area contributed by atoms with Gasteiger partial charge < -0.3 is 16.4 Å². The van der Waals surface area contributed by atoms with Crippen LogP contribution in [-0.4, -0.2) is 27.0 Å². The van der Waals surface area contributed by atoms with E-state index in [4.69, 9.17) is 5.73 Å². The van der Waals surface area contributed by atoms with Gasteiger partial charge >= 0.3 is 0 Å². The fourth-order valence-electron chi connectivity index (χ4n) is 2.84. The molecule has 0 atom stereocenters. The molecule has 0 unspecified atom stereocenters. The number of carbonyl (C=O) groups excluding carboxylic acids is 1. The highest BCUT2D eigenvalue weighted by Gasteiger charge is 2.12. The predicted octanol–water partition coefficient (Wildman–Crippen LogP) is 2.15. The number of hydrogen-bond acceptors (Lipinski definition) is 6. The monoisotopic (exact) mass is 386 g/mol. The molecule has 152 valence electrons. The molecule has 2 aromatic heterocycles. The number of nitrogens with one attached hydrogen (secondary N) is 2. The lowest BCUT2D eigenvalue weighted by molar-refractivity contribution is -0.121. The first-order valence-corrected chi connectivity index (χ1v) is 9.71. The highest BCUT2D eigenvalue weighted by Crippen LogP contribution is 2.07. The van der Waals surface area contributed by atoms with Crippen molar-refractivity contribution in [2.45, 2.75) is 59.5 Å². The van der Waals surface area contributed by atoms with Crippen LogP contribution < -0.4 is 21.9 Å². The molecule has 2 heterocycles. The Balaban J connectivity index is 1.97. The molecule has 0 aliphatic heterocycles. The first kappa shape index (κ1) is 21.4. The number of anilines is 2. The number of hydrogen-bond donors (Lipinski definition) is 3. The summed E-state index contributed by atoms with van der Waals surface area (Å²) in [4.78, 5) is 33.4. The lowest BCUT2D eigenvalue weighted by atomic mass is 10.2. The summed E-state index contributed by atoms with van der Waals surface area (Å²) in [7, 11) is 0. The maximum atomic E-state index is 12.6. The van der Waals surface area contributed by atoms with Crippen LogP contribution in [0.4, 0.5) is 11.6 Å². The quantitative estimate of drug-likeness (QED) is 0.539. The number of nitrogen functional groups attached to an aromatic ring is 1. The summed E-state index contributed by atoms with van der Waals surface area (Å²) in [6.07, 6.45) is 6.05. The van der Waals surface area contributed by atoms with E-state index in [2.05, 4.69) is 27.5 Å². The van der Waals surface area contributed by atoms with E-state index in [-0.39, 0.29) is 23.8 Å². The Morgan fingerprint density at radius 1 is 1.21 bits per heavy atom. The number of aromatic nitrogens is 3. The summed E-state index contributed by atoms with van der Waals surface area (Å²) in [5, 5.41) is 5.91. The molecule has 0 spiro atoms. The Labute approximate surface area is 165 Å². The van der Waals surface area contributed by atoms with Gasteiger partial charge in [-0.1, -0.05) is 32.3 Å². The molecule has 4 N–H and O–H groups in total. The predicted molar refractivity (Wildman–Crippen MR) is 111 cm³/mol. The number of nitrogens with two attached hydrogens (primary N) is 1. The lowest BCUT2D eigenvalue weighted by Crippen LogP contribution is -2.34. The number of amides is 1. The van der Waals surface area contributed by atoms with Crippen LogP contribution in [0.25, 0.3) is 0 Å². The zero-order chi connectivity index (χ0) is 20.5. The third kappa shape index (κ3) is 6.07. The Kier molecular flexibility index (Phi) is 7.98. The zero-order valence-corrected chi connectivity index (χ0v) is 16.9. The zero-order valence-electron chi connectivity index (χ0n) is 16.9. The van der Waals surface area contributed by atoms with Gasteiger partial charge in [0, 0.05) is 30.7 Å². The highest BCUT2D eigenvalue weighted by atomic mass is 16.2. The molecule has 0 radical (unpaired) electrons. The fraction of sp³-hybridized carbons (Fsp3) is 0.500. The summed E-state index contributed by atoms with van der Waals surface area (Å²) in [5.41, 5.74) is 7.66. The largest absolute Gasteiger partial charge is 0.384 e. The standard InChI is InChI=1S/C20H30N6O2/c1-4-5-6-7-10-22-19-20(28)26(14(2)11-24-19)13-18(27)23-12-16-8-9-17(21)25-15(16)3/h8-9,11H,4-7,10,12-13H2,1-3H3,(H2,21,25)(H,22,24)(H,23,27). The van der Waals surface area contributed by atoms with Gasteiger partial charge in [0.2, 0.25) is 5.91 Å². The van der Waals surface area contributed by atoms with Gasteiger partial charge in [0.15, 0.2) is 5.82 Å². The molecule has 2 rings (SSSR count). The van der Waals surface area contributed by atoms with Gasteiger partial charge in [-0.3, -0.25) is 14.2 Å². The summed E-state index contributed by atoms with van der Waals surface area (Å²) < 4.78 is 1.44. The molecule has 0 saturated heterocycles. The second kappa shape index (κ2) is 10.4. The molecule has 0 aliphatic carbocycles. The third-order valence-electron chi connectivity index (χ3n) is 4.57. The molecule has 0 bridgehead atoms. The van der Waals surface area contributed by atoms with E-state index in [0.29, 0.717) is 24.6 Å². The van der Waals surface area contributed by atoms with E-state index in [0.717, 1.165) is 30.5 Å². The molecule has 2 aromatic rings. The SMILES string of the molecule is CCCCCCNc1ncc(C)n(CC(=O)NCc2ccc(N)nc2C)c1=O. The van der Waals surface area contributed by atoms with Gasteiger partial charge in [0.05, 0.1) is 0 Å². The number of rotatable bonds is 10. The van der Waals surface area contributed by atoms with Crippen molar-refractivity contribution in [2.24, 2.45) is 0 Å². The number of nitrogens with zero attached hydrogens (tertiary/aromatic N) is 3. The van der Waals surface area contributed by atoms with Crippen LogP contribution in [0, 0.1) is 13.8 Å². The van der Waals surface area contributed by atoms with Crippen LogP contribution in [0.2, 0.25) is 0 Å². The minimum absolute atomic E-state index is 0.0564. The van der Waals surface area contributed by atoms with Crippen LogP contribution in [0.15, 0.2) is 23.1 Å². The van der Waals surface area contributed by atoms with Crippen molar-refractivity contribution in [3.63, 3.8) is 0 Å². The minimum Gasteiger partial charge on any atom is -0.384 e. The molecule has 8 heteroatoms. The Hall–Kier alpha value is -2.90. The molecule has 0 saturated carbocycles. The van der Waals surface area contributed by atoms with Gasteiger partial charge in [-0.25, -0.2) is 9.97 Å². The van der Waals surface area contributed by atoms with Gasteiger partial charge in [-0.15, -0.1) is 0 Å². The van der Waals surface area contributed by atoms with Crippen LogP contribution in [0.5, 0.6) is 0 Å². The fourth-order valence-corrected chi connectivity index (χ4v) is 2.84. The van der Waals surface area contributed by atoms with Crippen molar-refractivity contribution in [1.29, 1.82) is 0 Å². The molecule has 0 fully saturated rings. The minimum atomic E-state index is -0.282. The smallest absolute Gasteiger partial charge is 0.293 e. The maximum Gasteiger partial charge on any atom is 0.293 e. The Morgan fingerprint density at radius 3 is 2.71 bits per heavy atom. The van der Waals surface area contributed by atoms with Crippen molar-refractivity contribution >= 4 is 17.5 Å². The van der Waals surface area contributed by atoms with Crippen molar-refractivity contribution in [3.8, 4) is 0 Å². The third-order valence-corrected chi connectivity index (χ3v) is 4.57. The lowest BCUT2D eigenvalue weighted by Gasteiger charge is -2.13. The van der Waals surface area contributed by atoms with Crippen molar-refractivity contribution in [3.05, 3.63) is 45.6 Å². The van der Waals surface area contributed by atoms with E-state index in [1.807, 2.05) is 13.0 Å². The van der Waals surface area contributed by atoms with E-state index in [9.17, 15) is 9.59 Å². The highest BCUT2D eigenvalue weighted by molar-refractivity contribution is 5.75. The van der Waals surface area contributed by atoms with Crippen molar-refractivity contribution in [2.75, 3.05) is 17.6 Å². The van der Waals surface area contributed by atoms with E-state index < -0.39 is 0 Å². The first-order chi connectivity index (χ1) is 13.4. The van der Waals surface area contributed by atoms with Crippen LogP contribution >= 0.6 is 0 Å². The molecule has 1 amide bonds. The van der Waals surface area contributed by atoms with E-state index in [1.165, 1.54) is 11.0 Å². The molecule has 0 aromatic carbocycles. The van der Waals surface area contributed by atoms with Crippen molar-refractivity contribution < 1.29 is 4.79 Å². The Morgan fingerprint density at radius 2 is 2.00 bits per heavy atom. The summed E-state index contributed by atoms with van der Waals surface area (Å²) in [5.74, 6) is 0.483. The van der Waals surface area contributed by atoms with Gasteiger partial charge in [-0.2, -0.15) is 0 Å².